The van der Waals surface area contributed by atoms with E-state index in [-0.39, 0.29) is 46.5 Å². The van der Waals surface area contributed by atoms with Gasteiger partial charge in [-0.25, -0.2) is 13.2 Å². The van der Waals surface area contributed by atoms with Crippen molar-refractivity contribution < 1.29 is 17.9 Å². The van der Waals surface area contributed by atoms with Crippen LogP contribution in [-0.4, -0.2) is 38.4 Å². The summed E-state index contributed by atoms with van der Waals surface area (Å²) >= 11 is 3.24. The Morgan fingerprint density at radius 2 is 2.00 bits per heavy atom. The fraction of sp³-hybridized carbons (Fsp3) is 0.529. The Morgan fingerprint density at radius 1 is 1.36 bits per heavy atom. The summed E-state index contributed by atoms with van der Waals surface area (Å²) in [6, 6.07) is 6.22. The monoisotopic (exact) mass is 430 g/mol. The molecule has 0 amide bonds. The Balaban J connectivity index is 3.25. The zero-order valence-electron chi connectivity index (χ0n) is 14.9. The molecule has 1 rings (SSSR count). The third kappa shape index (κ3) is 6.10. The number of benzene rings is 1. The van der Waals surface area contributed by atoms with Gasteiger partial charge in [0.15, 0.2) is 0 Å². The van der Waals surface area contributed by atoms with Gasteiger partial charge in [0, 0.05) is 24.0 Å². The fourth-order valence-corrected chi connectivity index (χ4v) is 4.88. The number of carbonyl (C=O) groups excluding carboxylic acids is 1. The van der Waals surface area contributed by atoms with Crippen molar-refractivity contribution in [2.75, 3.05) is 19.7 Å². The average Bonchev–Trinajstić information content (AvgIpc) is 2.50. The maximum atomic E-state index is 13.0. The van der Waals surface area contributed by atoms with E-state index >= 15 is 0 Å². The highest BCUT2D eigenvalue weighted by Gasteiger charge is 2.30. The third-order valence-electron chi connectivity index (χ3n) is 3.18. The molecule has 138 valence electrons. The van der Waals surface area contributed by atoms with E-state index in [2.05, 4.69) is 15.9 Å². The normalized spacial score (nSPS) is 12.0. The summed E-state index contributed by atoms with van der Waals surface area (Å²) < 4.78 is 32.5. The Hall–Kier alpha value is -1.43. The quantitative estimate of drug-likeness (QED) is 0.616. The van der Waals surface area contributed by atoms with Crippen LogP contribution in [0.5, 0.6) is 0 Å². The van der Waals surface area contributed by atoms with E-state index in [1.54, 1.807) is 6.92 Å². The van der Waals surface area contributed by atoms with E-state index in [0.717, 1.165) is 0 Å². The summed E-state index contributed by atoms with van der Waals surface area (Å²) in [7, 11) is -3.81. The van der Waals surface area contributed by atoms with Crippen LogP contribution in [0.1, 0.15) is 44.5 Å². The van der Waals surface area contributed by atoms with Gasteiger partial charge in [-0.1, -0.05) is 20.8 Å². The molecule has 0 bridgehead atoms. The van der Waals surface area contributed by atoms with E-state index in [4.69, 9.17) is 10.00 Å². The first-order valence-corrected chi connectivity index (χ1v) is 10.1. The van der Waals surface area contributed by atoms with Crippen LogP contribution in [0.4, 0.5) is 0 Å². The van der Waals surface area contributed by atoms with Crippen molar-refractivity contribution in [1.82, 2.24) is 4.31 Å². The first-order chi connectivity index (χ1) is 11.5. The van der Waals surface area contributed by atoms with Gasteiger partial charge in [0.1, 0.15) is 0 Å². The van der Waals surface area contributed by atoms with Crippen LogP contribution in [0.25, 0.3) is 0 Å². The van der Waals surface area contributed by atoms with Crippen molar-refractivity contribution in [2.24, 2.45) is 5.41 Å². The van der Waals surface area contributed by atoms with Crippen LogP contribution in [0.3, 0.4) is 0 Å². The predicted molar refractivity (Wildman–Crippen MR) is 98.5 cm³/mol. The highest BCUT2D eigenvalue weighted by Crippen LogP contribution is 2.29. The molecule has 0 spiro atoms. The van der Waals surface area contributed by atoms with Gasteiger partial charge in [-0.15, -0.1) is 0 Å². The summed E-state index contributed by atoms with van der Waals surface area (Å²) in [5.41, 5.74) is 0.00642. The second kappa shape index (κ2) is 8.79. The third-order valence-corrected chi connectivity index (χ3v) is 6.01. The molecular weight excluding hydrogens is 408 g/mol. The van der Waals surface area contributed by atoms with Crippen LogP contribution >= 0.6 is 15.9 Å². The fourth-order valence-electron chi connectivity index (χ4n) is 2.18. The number of rotatable bonds is 7. The molecule has 0 aliphatic carbocycles. The molecule has 0 N–H and O–H groups in total. The van der Waals surface area contributed by atoms with E-state index in [1.165, 1.54) is 22.5 Å². The van der Waals surface area contributed by atoms with Gasteiger partial charge >= 0.3 is 5.97 Å². The number of nitrogens with zero attached hydrogens (tertiary/aromatic N) is 2. The zero-order chi connectivity index (χ0) is 19.3. The number of ether oxygens (including phenoxy) is 1. The van der Waals surface area contributed by atoms with E-state index < -0.39 is 16.0 Å². The van der Waals surface area contributed by atoms with Gasteiger partial charge in [0.2, 0.25) is 10.0 Å². The van der Waals surface area contributed by atoms with Crippen molar-refractivity contribution >= 4 is 31.9 Å². The number of nitriles is 1. The maximum Gasteiger partial charge on any atom is 0.338 e. The van der Waals surface area contributed by atoms with Crippen LogP contribution < -0.4 is 0 Å². The molecule has 8 heteroatoms. The second-order valence-electron chi connectivity index (χ2n) is 6.67. The molecule has 0 saturated carbocycles. The van der Waals surface area contributed by atoms with Gasteiger partial charge in [0.25, 0.3) is 0 Å². The van der Waals surface area contributed by atoms with Crippen molar-refractivity contribution in [3.05, 3.63) is 28.2 Å². The van der Waals surface area contributed by atoms with Crippen molar-refractivity contribution in [1.29, 1.82) is 5.26 Å². The molecule has 0 aromatic heterocycles. The van der Waals surface area contributed by atoms with E-state index in [1.807, 2.05) is 26.8 Å². The lowest BCUT2D eigenvalue weighted by Gasteiger charge is -2.29. The van der Waals surface area contributed by atoms with Crippen LogP contribution in [0, 0.1) is 16.7 Å². The Bertz CT molecular complexity index is 764. The summed E-state index contributed by atoms with van der Waals surface area (Å²) in [5, 5.41) is 8.82. The first-order valence-electron chi connectivity index (χ1n) is 7.86. The van der Waals surface area contributed by atoms with Crippen molar-refractivity contribution in [3.8, 4) is 6.07 Å². The Kier molecular flexibility index (Phi) is 7.60. The number of halogens is 1. The number of carbonyl (C=O) groups is 1. The molecule has 0 saturated heterocycles. The maximum absolute atomic E-state index is 13.0. The first kappa shape index (κ1) is 21.6. The number of hydrogen-bond donors (Lipinski definition) is 0. The molecule has 0 heterocycles. The molecule has 0 atom stereocenters. The summed E-state index contributed by atoms with van der Waals surface area (Å²) in [6.07, 6.45) is 0.105. The smallest absolute Gasteiger partial charge is 0.338 e. The minimum Gasteiger partial charge on any atom is -0.462 e. The Labute approximate surface area is 158 Å². The van der Waals surface area contributed by atoms with Crippen LogP contribution in [0.2, 0.25) is 0 Å². The van der Waals surface area contributed by atoms with Crippen molar-refractivity contribution in [2.45, 2.75) is 39.0 Å². The van der Waals surface area contributed by atoms with Gasteiger partial charge in [-0.3, -0.25) is 0 Å². The highest BCUT2D eigenvalue weighted by atomic mass is 79.9. The van der Waals surface area contributed by atoms with E-state index in [9.17, 15) is 13.2 Å². The van der Waals surface area contributed by atoms with Gasteiger partial charge in [-0.05, 0) is 46.5 Å². The topological polar surface area (TPSA) is 87.5 Å². The lowest BCUT2D eigenvalue weighted by atomic mass is 9.97. The average molecular weight is 431 g/mol. The van der Waals surface area contributed by atoms with E-state index in [0.29, 0.717) is 0 Å². The summed E-state index contributed by atoms with van der Waals surface area (Å²) in [4.78, 5) is 11.8. The molecule has 6 nitrogen and oxygen atoms in total. The number of sulfonamides is 1. The van der Waals surface area contributed by atoms with Gasteiger partial charge in [-0.2, -0.15) is 9.57 Å². The highest BCUT2D eigenvalue weighted by molar-refractivity contribution is 9.10. The van der Waals surface area contributed by atoms with Crippen molar-refractivity contribution in [3.63, 3.8) is 0 Å². The molecule has 1 aromatic carbocycles. The summed E-state index contributed by atoms with van der Waals surface area (Å²) in [6.45, 7) is 8.13. The SMILES string of the molecule is CCOC(=O)c1ccc(S(=O)(=O)N(CCC#N)CC(C)(C)C)c(Br)c1. The molecule has 0 unspecified atom stereocenters. The summed E-state index contributed by atoms with van der Waals surface area (Å²) in [5.74, 6) is -0.511. The molecule has 0 aliphatic rings. The molecule has 0 radical (unpaired) electrons. The molecule has 25 heavy (non-hydrogen) atoms. The lowest BCUT2D eigenvalue weighted by molar-refractivity contribution is 0.0526. The minimum atomic E-state index is -3.81. The zero-order valence-corrected chi connectivity index (χ0v) is 17.3. The number of hydrogen-bond acceptors (Lipinski definition) is 5. The molecule has 0 fully saturated rings. The van der Waals surface area contributed by atoms with Gasteiger partial charge in [0.05, 0.1) is 23.1 Å². The molecular formula is C17H23BrN2O4S. The molecule has 0 aliphatic heterocycles. The molecule has 1 aromatic rings. The van der Waals surface area contributed by atoms with Gasteiger partial charge < -0.3 is 4.74 Å². The second-order valence-corrected chi connectivity index (χ2v) is 9.43. The lowest BCUT2D eigenvalue weighted by Crippen LogP contribution is -2.38. The van der Waals surface area contributed by atoms with Crippen LogP contribution in [-0.2, 0) is 14.8 Å². The Morgan fingerprint density at radius 3 is 2.48 bits per heavy atom. The number of esters is 1. The standard InChI is InChI=1S/C17H23BrN2O4S/c1-5-24-16(21)13-7-8-15(14(18)11-13)25(22,23)20(10-6-9-19)12-17(2,3)4/h7-8,11H,5-6,10,12H2,1-4H3. The minimum absolute atomic E-state index is 0.0581. The largest absolute Gasteiger partial charge is 0.462 e. The predicted octanol–water partition coefficient (Wildman–Crippen LogP) is 3.58. The van der Waals surface area contributed by atoms with Crippen LogP contribution in [0.15, 0.2) is 27.6 Å².